The molecule has 0 spiro atoms. The molecule has 0 bridgehead atoms. The van der Waals surface area contributed by atoms with Gasteiger partial charge in [0.05, 0.1) is 12.5 Å². The SMILES string of the molecule is Cc1cc(/C=C/C(=O)O)cc(C(=O)N(C)C(C)CC#N)c1. The Morgan fingerprint density at radius 1 is 1.43 bits per heavy atom. The first-order valence-corrected chi connectivity index (χ1v) is 6.52. The smallest absolute Gasteiger partial charge is 0.328 e. The second-order valence-corrected chi connectivity index (χ2v) is 4.93. The molecular weight excluding hydrogens is 268 g/mol. The number of carboxylic acids is 1. The van der Waals surface area contributed by atoms with E-state index in [4.69, 9.17) is 10.4 Å². The zero-order valence-electron chi connectivity index (χ0n) is 12.3. The highest BCUT2D eigenvalue weighted by molar-refractivity contribution is 5.95. The van der Waals surface area contributed by atoms with Crippen LogP contribution in [0.15, 0.2) is 24.3 Å². The van der Waals surface area contributed by atoms with Gasteiger partial charge in [-0.05, 0) is 43.2 Å². The van der Waals surface area contributed by atoms with Crippen molar-refractivity contribution >= 4 is 18.0 Å². The Kier molecular flexibility index (Phi) is 5.67. The van der Waals surface area contributed by atoms with E-state index >= 15 is 0 Å². The molecule has 0 aliphatic carbocycles. The van der Waals surface area contributed by atoms with E-state index in [0.29, 0.717) is 11.1 Å². The Labute approximate surface area is 124 Å². The summed E-state index contributed by atoms with van der Waals surface area (Å²) in [5.74, 6) is -1.23. The van der Waals surface area contributed by atoms with Crippen LogP contribution in [0.2, 0.25) is 0 Å². The quantitative estimate of drug-likeness (QED) is 0.843. The molecule has 0 aliphatic rings. The normalized spacial score (nSPS) is 11.9. The minimum atomic E-state index is -1.04. The molecule has 0 aliphatic heterocycles. The number of aliphatic carboxylic acids is 1. The standard InChI is InChI=1S/C16H18N2O3/c1-11-8-13(4-5-15(19)20)10-14(9-11)16(21)18(3)12(2)6-7-17/h4-5,8-10,12H,6H2,1-3H3,(H,19,20)/b5-4+. The highest BCUT2D eigenvalue weighted by Crippen LogP contribution is 2.15. The molecule has 0 saturated carbocycles. The zero-order chi connectivity index (χ0) is 16.0. The van der Waals surface area contributed by atoms with Gasteiger partial charge in [0.1, 0.15) is 0 Å². The monoisotopic (exact) mass is 286 g/mol. The lowest BCUT2D eigenvalue weighted by Gasteiger charge is -2.23. The molecule has 0 saturated heterocycles. The van der Waals surface area contributed by atoms with Crippen molar-refractivity contribution in [3.05, 3.63) is 41.0 Å². The fourth-order valence-electron chi connectivity index (χ4n) is 1.87. The molecular formula is C16H18N2O3. The molecule has 0 aromatic heterocycles. The molecule has 21 heavy (non-hydrogen) atoms. The third-order valence-corrected chi connectivity index (χ3v) is 3.13. The van der Waals surface area contributed by atoms with E-state index in [2.05, 4.69) is 0 Å². The van der Waals surface area contributed by atoms with Gasteiger partial charge >= 0.3 is 5.97 Å². The summed E-state index contributed by atoms with van der Waals surface area (Å²) < 4.78 is 0. The fourth-order valence-corrected chi connectivity index (χ4v) is 1.87. The summed E-state index contributed by atoms with van der Waals surface area (Å²) in [5.41, 5.74) is 2.00. The molecule has 1 N–H and O–H groups in total. The van der Waals surface area contributed by atoms with Crippen molar-refractivity contribution < 1.29 is 14.7 Å². The summed E-state index contributed by atoms with van der Waals surface area (Å²) in [5, 5.41) is 17.3. The molecule has 1 aromatic rings. The maximum atomic E-state index is 12.4. The Balaban J connectivity index is 3.05. The van der Waals surface area contributed by atoms with E-state index in [1.165, 1.54) is 11.0 Å². The average Bonchev–Trinajstić information content (AvgIpc) is 2.43. The van der Waals surface area contributed by atoms with E-state index in [1.807, 2.05) is 19.9 Å². The van der Waals surface area contributed by atoms with Gasteiger partial charge in [0.2, 0.25) is 0 Å². The van der Waals surface area contributed by atoms with Crippen molar-refractivity contribution in [2.75, 3.05) is 7.05 Å². The van der Waals surface area contributed by atoms with E-state index in [1.54, 1.807) is 25.2 Å². The predicted octanol–water partition coefficient (Wildman–Crippen LogP) is 2.47. The minimum Gasteiger partial charge on any atom is -0.478 e. The average molecular weight is 286 g/mol. The number of hydrogen-bond donors (Lipinski definition) is 1. The topological polar surface area (TPSA) is 81.4 Å². The fraction of sp³-hybridized carbons (Fsp3) is 0.312. The van der Waals surface area contributed by atoms with Gasteiger partial charge in [-0.15, -0.1) is 0 Å². The molecule has 1 amide bonds. The number of nitrogens with zero attached hydrogens (tertiary/aromatic N) is 2. The molecule has 0 radical (unpaired) electrons. The zero-order valence-corrected chi connectivity index (χ0v) is 12.3. The van der Waals surface area contributed by atoms with Crippen molar-refractivity contribution in [2.24, 2.45) is 0 Å². The van der Waals surface area contributed by atoms with Crippen LogP contribution >= 0.6 is 0 Å². The van der Waals surface area contributed by atoms with Crippen molar-refractivity contribution in [1.29, 1.82) is 5.26 Å². The number of aryl methyl sites for hydroxylation is 1. The van der Waals surface area contributed by atoms with Crippen LogP contribution in [0.1, 0.15) is 34.8 Å². The lowest BCUT2D eigenvalue weighted by molar-refractivity contribution is -0.131. The van der Waals surface area contributed by atoms with Gasteiger partial charge in [-0.3, -0.25) is 4.79 Å². The number of benzene rings is 1. The second-order valence-electron chi connectivity index (χ2n) is 4.93. The largest absolute Gasteiger partial charge is 0.478 e. The maximum Gasteiger partial charge on any atom is 0.328 e. The number of nitriles is 1. The highest BCUT2D eigenvalue weighted by Gasteiger charge is 2.17. The van der Waals surface area contributed by atoms with Crippen LogP contribution in [0.5, 0.6) is 0 Å². The summed E-state index contributed by atoms with van der Waals surface area (Å²) in [6.45, 7) is 3.65. The Bertz CT molecular complexity index is 614. The highest BCUT2D eigenvalue weighted by atomic mass is 16.4. The van der Waals surface area contributed by atoms with E-state index in [0.717, 1.165) is 11.6 Å². The van der Waals surface area contributed by atoms with Crippen LogP contribution in [-0.2, 0) is 4.79 Å². The molecule has 1 rings (SSSR count). The first-order chi connectivity index (χ1) is 9.85. The first-order valence-electron chi connectivity index (χ1n) is 6.52. The summed E-state index contributed by atoms with van der Waals surface area (Å²) in [4.78, 5) is 24.4. The third-order valence-electron chi connectivity index (χ3n) is 3.13. The molecule has 0 fully saturated rings. The van der Waals surface area contributed by atoms with Crippen molar-refractivity contribution in [2.45, 2.75) is 26.3 Å². The van der Waals surface area contributed by atoms with Gasteiger partial charge in [0, 0.05) is 24.7 Å². The molecule has 1 aromatic carbocycles. The van der Waals surface area contributed by atoms with Crippen molar-refractivity contribution in [3.63, 3.8) is 0 Å². The maximum absolute atomic E-state index is 12.4. The number of rotatable bonds is 5. The summed E-state index contributed by atoms with van der Waals surface area (Å²) in [6, 6.07) is 7.05. The molecule has 110 valence electrons. The van der Waals surface area contributed by atoms with Gasteiger partial charge in [-0.25, -0.2) is 4.79 Å². The predicted molar refractivity (Wildman–Crippen MR) is 79.6 cm³/mol. The Morgan fingerprint density at radius 2 is 2.10 bits per heavy atom. The Hall–Kier alpha value is -2.61. The van der Waals surface area contributed by atoms with E-state index < -0.39 is 5.97 Å². The summed E-state index contributed by atoms with van der Waals surface area (Å²) >= 11 is 0. The van der Waals surface area contributed by atoms with Gasteiger partial charge < -0.3 is 10.0 Å². The molecule has 5 nitrogen and oxygen atoms in total. The van der Waals surface area contributed by atoms with E-state index in [9.17, 15) is 9.59 Å². The Morgan fingerprint density at radius 3 is 2.67 bits per heavy atom. The second kappa shape index (κ2) is 7.25. The number of carbonyl (C=O) groups excluding carboxylic acids is 1. The molecule has 0 heterocycles. The lowest BCUT2D eigenvalue weighted by atomic mass is 10.0. The van der Waals surface area contributed by atoms with Crippen molar-refractivity contribution in [1.82, 2.24) is 4.90 Å². The van der Waals surface area contributed by atoms with E-state index in [-0.39, 0.29) is 18.4 Å². The van der Waals surface area contributed by atoms with Crippen LogP contribution in [0.4, 0.5) is 0 Å². The third kappa shape index (κ3) is 4.77. The number of carboxylic acid groups (broad SMARTS) is 1. The van der Waals surface area contributed by atoms with Gasteiger partial charge in [-0.2, -0.15) is 5.26 Å². The molecule has 5 heteroatoms. The summed E-state index contributed by atoms with van der Waals surface area (Å²) in [7, 11) is 1.65. The van der Waals surface area contributed by atoms with Crippen molar-refractivity contribution in [3.8, 4) is 6.07 Å². The van der Waals surface area contributed by atoms with Crippen LogP contribution in [0.25, 0.3) is 6.08 Å². The number of carbonyl (C=O) groups is 2. The number of hydrogen-bond acceptors (Lipinski definition) is 3. The summed E-state index contributed by atoms with van der Waals surface area (Å²) in [6.07, 6.45) is 2.75. The van der Waals surface area contributed by atoms with Crippen LogP contribution < -0.4 is 0 Å². The molecule has 1 unspecified atom stereocenters. The van der Waals surface area contributed by atoms with Crippen LogP contribution in [0, 0.1) is 18.3 Å². The first kappa shape index (κ1) is 16.4. The number of amides is 1. The van der Waals surface area contributed by atoms with Crippen LogP contribution in [-0.4, -0.2) is 35.0 Å². The van der Waals surface area contributed by atoms with Crippen LogP contribution in [0.3, 0.4) is 0 Å². The van der Waals surface area contributed by atoms with Gasteiger partial charge in [0.15, 0.2) is 0 Å². The van der Waals surface area contributed by atoms with Gasteiger partial charge in [-0.1, -0.05) is 6.07 Å². The van der Waals surface area contributed by atoms with Gasteiger partial charge in [0.25, 0.3) is 5.91 Å². The lowest BCUT2D eigenvalue weighted by Crippen LogP contribution is -2.34. The minimum absolute atomic E-state index is 0.180. The molecule has 1 atom stereocenters.